The Morgan fingerprint density at radius 3 is 2.78 bits per heavy atom. The normalized spacial score (nSPS) is 24.7. The van der Waals surface area contributed by atoms with Crippen molar-refractivity contribution < 1.29 is 4.74 Å². The van der Waals surface area contributed by atoms with Crippen LogP contribution in [0.4, 0.5) is 5.13 Å². The molecule has 0 bridgehead atoms. The maximum atomic E-state index is 11.6. The molecule has 18 heavy (non-hydrogen) atoms. The van der Waals surface area contributed by atoms with Gasteiger partial charge < -0.3 is 9.64 Å². The lowest BCUT2D eigenvalue weighted by atomic mass is 10.2. The van der Waals surface area contributed by atoms with Crippen molar-refractivity contribution in [1.29, 1.82) is 0 Å². The molecule has 0 aliphatic carbocycles. The molecule has 1 aliphatic heterocycles. The Hall–Kier alpha value is -1.47. The number of rotatable bonds is 1. The highest BCUT2D eigenvalue weighted by Gasteiger charge is 2.24. The summed E-state index contributed by atoms with van der Waals surface area (Å²) < 4.78 is 7.04. The van der Waals surface area contributed by atoms with Crippen LogP contribution < -0.4 is 10.5 Å². The smallest absolute Gasteiger partial charge is 0.275 e. The number of fused-ring (bicyclic) bond motifs is 1. The van der Waals surface area contributed by atoms with Crippen LogP contribution in [0.15, 0.2) is 17.1 Å². The minimum absolute atomic E-state index is 0.142. The molecule has 96 valence electrons. The van der Waals surface area contributed by atoms with Crippen molar-refractivity contribution in [2.24, 2.45) is 0 Å². The molecule has 2 aromatic rings. The van der Waals surface area contributed by atoms with Crippen molar-refractivity contribution >= 4 is 21.4 Å². The molecular formula is C11H14N4O2S. The van der Waals surface area contributed by atoms with Crippen molar-refractivity contribution in [2.45, 2.75) is 26.1 Å². The summed E-state index contributed by atoms with van der Waals surface area (Å²) in [6, 6.07) is 1.42. The van der Waals surface area contributed by atoms with Crippen LogP contribution in [0.1, 0.15) is 13.8 Å². The van der Waals surface area contributed by atoms with Crippen molar-refractivity contribution in [3.63, 3.8) is 0 Å². The summed E-state index contributed by atoms with van der Waals surface area (Å²) in [5.74, 6) is 0. The van der Waals surface area contributed by atoms with Gasteiger partial charge in [-0.25, -0.2) is 4.98 Å². The van der Waals surface area contributed by atoms with Crippen molar-refractivity contribution in [2.75, 3.05) is 18.0 Å². The quantitative estimate of drug-likeness (QED) is 0.763. The van der Waals surface area contributed by atoms with Gasteiger partial charge in [-0.05, 0) is 13.8 Å². The molecule has 2 atom stereocenters. The van der Waals surface area contributed by atoms with Crippen LogP contribution in [0.2, 0.25) is 0 Å². The van der Waals surface area contributed by atoms with Crippen LogP contribution in [0, 0.1) is 0 Å². The summed E-state index contributed by atoms with van der Waals surface area (Å²) in [7, 11) is 0. The molecule has 0 radical (unpaired) electrons. The van der Waals surface area contributed by atoms with E-state index in [1.807, 2.05) is 13.8 Å². The van der Waals surface area contributed by atoms with E-state index in [1.54, 1.807) is 0 Å². The molecule has 3 rings (SSSR count). The van der Waals surface area contributed by atoms with Gasteiger partial charge >= 0.3 is 0 Å². The summed E-state index contributed by atoms with van der Waals surface area (Å²) in [6.07, 6.45) is 1.86. The average Bonchev–Trinajstić information content (AvgIpc) is 2.73. The third-order valence-corrected chi connectivity index (χ3v) is 3.83. The number of ether oxygens (including phenoxy) is 1. The predicted octanol–water partition coefficient (Wildman–Crippen LogP) is 0.765. The summed E-state index contributed by atoms with van der Waals surface area (Å²) in [6.45, 7) is 5.67. The molecule has 1 fully saturated rings. The van der Waals surface area contributed by atoms with Crippen LogP contribution in [0.25, 0.3) is 4.96 Å². The fraction of sp³-hybridized carbons (Fsp3) is 0.545. The van der Waals surface area contributed by atoms with Crippen LogP contribution in [-0.4, -0.2) is 39.9 Å². The van der Waals surface area contributed by atoms with Crippen molar-refractivity contribution in [3.8, 4) is 0 Å². The van der Waals surface area contributed by atoms with Crippen LogP contribution >= 0.6 is 11.3 Å². The molecule has 7 heteroatoms. The van der Waals surface area contributed by atoms with Crippen LogP contribution in [0.3, 0.4) is 0 Å². The zero-order chi connectivity index (χ0) is 12.7. The van der Waals surface area contributed by atoms with E-state index < -0.39 is 0 Å². The Morgan fingerprint density at radius 1 is 1.39 bits per heavy atom. The van der Waals surface area contributed by atoms with Gasteiger partial charge in [-0.3, -0.25) is 4.79 Å². The molecule has 3 heterocycles. The minimum Gasteiger partial charge on any atom is -0.372 e. The van der Waals surface area contributed by atoms with Gasteiger partial charge in [-0.1, -0.05) is 11.3 Å². The lowest BCUT2D eigenvalue weighted by Crippen LogP contribution is -2.45. The van der Waals surface area contributed by atoms with Gasteiger partial charge in [-0.15, -0.1) is 5.10 Å². The summed E-state index contributed by atoms with van der Waals surface area (Å²) in [5, 5.41) is 5.16. The van der Waals surface area contributed by atoms with Gasteiger partial charge in [-0.2, -0.15) is 4.52 Å². The van der Waals surface area contributed by atoms with E-state index in [1.165, 1.54) is 28.1 Å². The van der Waals surface area contributed by atoms with Gasteiger partial charge in [0.1, 0.15) is 0 Å². The molecule has 0 spiro atoms. The number of morpholine rings is 1. The SMILES string of the molecule is C[C@@H]1CN(c2nn3c(=O)ccnc3s2)C[C@H](C)O1. The number of aromatic nitrogens is 3. The molecule has 1 saturated heterocycles. The second-order valence-corrected chi connectivity index (χ2v) is 5.46. The Bertz CT molecular complexity index is 613. The highest BCUT2D eigenvalue weighted by Crippen LogP contribution is 2.24. The lowest BCUT2D eigenvalue weighted by molar-refractivity contribution is -0.00527. The molecule has 0 N–H and O–H groups in total. The van der Waals surface area contributed by atoms with E-state index in [2.05, 4.69) is 15.0 Å². The summed E-state index contributed by atoms with van der Waals surface area (Å²) in [5.41, 5.74) is -0.142. The molecule has 0 saturated carbocycles. The molecule has 0 unspecified atom stereocenters. The topological polar surface area (TPSA) is 59.7 Å². The van der Waals surface area contributed by atoms with E-state index >= 15 is 0 Å². The molecule has 2 aromatic heterocycles. The molecular weight excluding hydrogens is 252 g/mol. The maximum Gasteiger partial charge on any atom is 0.275 e. The first-order valence-corrected chi connectivity index (χ1v) is 6.70. The van der Waals surface area contributed by atoms with E-state index in [0.29, 0.717) is 4.96 Å². The number of hydrogen-bond acceptors (Lipinski definition) is 6. The number of hydrogen-bond donors (Lipinski definition) is 0. The van der Waals surface area contributed by atoms with E-state index in [4.69, 9.17) is 4.74 Å². The largest absolute Gasteiger partial charge is 0.372 e. The predicted molar refractivity (Wildman–Crippen MR) is 69.4 cm³/mol. The van der Waals surface area contributed by atoms with Crippen molar-refractivity contribution in [3.05, 3.63) is 22.6 Å². The Morgan fingerprint density at radius 2 is 2.11 bits per heavy atom. The van der Waals surface area contributed by atoms with E-state index in [-0.39, 0.29) is 17.8 Å². The summed E-state index contributed by atoms with van der Waals surface area (Å²) in [4.78, 5) is 18.6. The van der Waals surface area contributed by atoms with Crippen LogP contribution in [0.5, 0.6) is 0 Å². The zero-order valence-electron chi connectivity index (χ0n) is 10.2. The molecule has 0 aromatic carbocycles. The fourth-order valence-corrected chi connectivity index (χ4v) is 3.09. The number of nitrogens with zero attached hydrogens (tertiary/aromatic N) is 4. The minimum atomic E-state index is -0.142. The standard InChI is InChI=1S/C11H14N4O2S/c1-7-5-14(6-8(2)17-7)11-13-15-9(16)3-4-12-10(15)18-11/h3-4,7-8H,5-6H2,1-2H3/t7-,8+. The van der Waals surface area contributed by atoms with Gasteiger partial charge in [0.2, 0.25) is 10.1 Å². The number of anilines is 1. The summed E-state index contributed by atoms with van der Waals surface area (Å²) >= 11 is 1.43. The molecule has 1 aliphatic rings. The second kappa shape index (κ2) is 4.33. The highest BCUT2D eigenvalue weighted by molar-refractivity contribution is 7.20. The van der Waals surface area contributed by atoms with E-state index in [0.717, 1.165) is 18.2 Å². The molecule has 6 nitrogen and oxygen atoms in total. The first kappa shape index (κ1) is 11.6. The monoisotopic (exact) mass is 266 g/mol. The maximum absolute atomic E-state index is 11.6. The van der Waals surface area contributed by atoms with Gasteiger partial charge in [0.15, 0.2) is 0 Å². The Balaban J connectivity index is 1.99. The van der Waals surface area contributed by atoms with Gasteiger partial charge in [0, 0.05) is 25.4 Å². The second-order valence-electron chi connectivity index (χ2n) is 4.52. The average molecular weight is 266 g/mol. The zero-order valence-corrected chi connectivity index (χ0v) is 11.1. The van der Waals surface area contributed by atoms with Crippen molar-refractivity contribution in [1.82, 2.24) is 14.6 Å². The third kappa shape index (κ3) is 1.99. The Labute approximate surface area is 108 Å². The van der Waals surface area contributed by atoms with Gasteiger partial charge in [0.05, 0.1) is 12.2 Å². The first-order chi connectivity index (χ1) is 8.63. The fourth-order valence-electron chi connectivity index (χ4n) is 2.20. The highest BCUT2D eigenvalue weighted by atomic mass is 32.1. The lowest BCUT2D eigenvalue weighted by Gasteiger charge is -2.34. The third-order valence-electron chi connectivity index (χ3n) is 2.85. The Kier molecular flexibility index (Phi) is 2.79. The molecule has 0 amide bonds. The van der Waals surface area contributed by atoms with E-state index in [9.17, 15) is 4.79 Å². The first-order valence-electron chi connectivity index (χ1n) is 5.89. The van der Waals surface area contributed by atoms with Crippen LogP contribution in [-0.2, 0) is 4.74 Å². The van der Waals surface area contributed by atoms with Gasteiger partial charge in [0.25, 0.3) is 5.56 Å².